The van der Waals surface area contributed by atoms with Gasteiger partial charge in [-0.2, -0.15) is 10.1 Å². The van der Waals surface area contributed by atoms with Gasteiger partial charge in [0, 0.05) is 24.9 Å². The first-order valence-corrected chi connectivity index (χ1v) is 13.1. The summed E-state index contributed by atoms with van der Waals surface area (Å²) in [6, 6.07) is 16.7. The van der Waals surface area contributed by atoms with Gasteiger partial charge in [-0.3, -0.25) is 9.40 Å². The van der Waals surface area contributed by atoms with Gasteiger partial charge in [-0.1, -0.05) is 30.3 Å². The predicted molar refractivity (Wildman–Crippen MR) is 146 cm³/mol. The molecule has 0 amide bonds. The van der Waals surface area contributed by atoms with Crippen molar-refractivity contribution in [1.29, 1.82) is 0 Å². The van der Waals surface area contributed by atoms with Crippen LogP contribution in [0.15, 0.2) is 65.8 Å². The van der Waals surface area contributed by atoms with Crippen LogP contribution < -0.4 is 9.46 Å². The minimum Gasteiger partial charge on any atom is -0.439 e. The maximum absolute atomic E-state index is 6.34. The zero-order chi connectivity index (χ0) is 25.1. The number of aryl methyl sites for hydroxylation is 3. The Morgan fingerprint density at radius 2 is 1.72 bits per heavy atom. The Labute approximate surface area is 217 Å². The largest absolute Gasteiger partial charge is 0.439 e. The molecule has 2 aromatic heterocycles. The number of rotatable bonds is 7. The number of ether oxygens (including phenoxy) is 1. The van der Waals surface area contributed by atoms with E-state index in [0.717, 1.165) is 46.1 Å². The first-order valence-electron chi connectivity index (χ1n) is 12.3. The molecule has 3 heterocycles. The van der Waals surface area contributed by atoms with Crippen molar-refractivity contribution in [2.24, 2.45) is 7.05 Å². The first kappa shape index (κ1) is 24.3. The zero-order valence-electron chi connectivity index (χ0n) is 21.2. The van der Waals surface area contributed by atoms with Crippen LogP contribution in [-0.4, -0.2) is 44.8 Å². The normalized spacial score (nSPS) is 14.7. The molecular formula is C28H32N6OS. The summed E-state index contributed by atoms with van der Waals surface area (Å²) in [4.78, 5) is 12.9. The zero-order valence-corrected chi connectivity index (χ0v) is 22.0. The molecule has 2 aromatic carbocycles. The molecule has 0 radical (unpaired) electrons. The van der Waals surface area contributed by atoms with E-state index in [0.29, 0.717) is 17.7 Å². The standard InChI is InChI=1S/C28H32N6OS/c1-19-7-5-8-20(2)27(19)25-16-26(31-28(30-25)32-36-24-17-29-34(4)18-24)35-23-10-6-9-22(15-23)21-11-13-33(3)14-12-21/h5-10,15-18,21H,11-14H2,1-4H3,(H,30,31,32). The molecule has 0 atom stereocenters. The quantitative estimate of drug-likeness (QED) is 0.302. The van der Waals surface area contributed by atoms with Gasteiger partial charge in [-0.25, -0.2) is 4.98 Å². The molecule has 186 valence electrons. The number of piperidine rings is 1. The number of hydrogen-bond acceptors (Lipinski definition) is 7. The van der Waals surface area contributed by atoms with Crippen molar-refractivity contribution in [1.82, 2.24) is 24.6 Å². The maximum Gasteiger partial charge on any atom is 0.237 e. The summed E-state index contributed by atoms with van der Waals surface area (Å²) >= 11 is 1.43. The van der Waals surface area contributed by atoms with Crippen molar-refractivity contribution in [3.8, 4) is 22.9 Å². The van der Waals surface area contributed by atoms with Crippen LogP contribution in [0.2, 0.25) is 0 Å². The molecule has 8 heteroatoms. The van der Waals surface area contributed by atoms with Crippen molar-refractivity contribution < 1.29 is 4.74 Å². The Morgan fingerprint density at radius 3 is 2.44 bits per heavy atom. The maximum atomic E-state index is 6.34. The molecule has 5 rings (SSSR count). The molecule has 0 bridgehead atoms. The molecular weight excluding hydrogens is 468 g/mol. The van der Waals surface area contributed by atoms with Crippen molar-refractivity contribution in [3.63, 3.8) is 0 Å². The molecule has 1 aliphatic rings. The van der Waals surface area contributed by atoms with E-state index in [2.05, 4.69) is 77.0 Å². The van der Waals surface area contributed by atoms with Gasteiger partial charge in [-0.05, 0) is 93.5 Å². The van der Waals surface area contributed by atoms with Crippen LogP contribution in [0.25, 0.3) is 11.3 Å². The molecule has 0 saturated carbocycles. The van der Waals surface area contributed by atoms with Gasteiger partial charge >= 0.3 is 0 Å². The summed E-state index contributed by atoms with van der Waals surface area (Å²) in [6.07, 6.45) is 6.09. The Hall–Kier alpha value is -3.36. The van der Waals surface area contributed by atoms with Gasteiger partial charge in [0.1, 0.15) is 5.75 Å². The topological polar surface area (TPSA) is 68.1 Å². The van der Waals surface area contributed by atoms with E-state index in [1.165, 1.54) is 30.4 Å². The van der Waals surface area contributed by atoms with E-state index >= 15 is 0 Å². The lowest BCUT2D eigenvalue weighted by Crippen LogP contribution is -2.29. The van der Waals surface area contributed by atoms with Gasteiger partial charge in [0.15, 0.2) is 0 Å². The van der Waals surface area contributed by atoms with Crippen LogP contribution in [0.1, 0.15) is 35.4 Å². The fraction of sp³-hybridized carbons (Fsp3) is 0.321. The number of nitrogens with zero attached hydrogens (tertiary/aromatic N) is 5. The highest BCUT2D eigenvalue weighted by atomic mass is 32.2. The van der Waals surface area contributed by atoms with E-state index in [4.69, 9.17) is 9.72 Å². The second-order valence-corrected chi connectivity index (χ2v) is 10.4. The fourth-order valence-corrected chi connectivity index (χ4v) is 5.33. The SMILES string of the molecule is Cc1cccc(C)c1-c1cc(Oc2cccc(C3CCN(C)CC3)c2)nc(NSc2cnn(C)c2)n1. The summed E-state index contributed by atoms with van der Waals surface area (Å²) in [5.41, 5.74) is 5.58. The highest BCUT2D eigenvalue weighted by Crippen LogP contribution is 2.34. The average molecular weight is 501 g/mol. The molecule has 7 nitrogen and oxygen atoms in total. The minimum absolute atomic E-state index is 0.491. The van der Waals surface area contributed by atoms with Crippen LogP contribution in [0.4, 0.5) is 5.95 Å². The smallest absolute Gasteiger partial charge is 0.237 e. The third kappa shape index (κ3) is 5.71. The average Bonchev–Trinajstić information content (AvgIpc) is 3.28. The third-order valence-electron chi connectivity index (χ3n) is 6.65. The molecule has 1 fully saturated rings. The summed E-state index contributed by atoms with van der Waals surface area (Å²) in [7, 11) is 4.09. The monoisotopic (exact) mass is 500 g/mol. The number of aromatic nitrogens is 4. The number of anilines is 1. The molecule has 1 saturated heterocycles. The molecule has 0 unspecified atom stereocenters. The van der Waals surface area contributed by atoms with E-state index < -0.39 is 0 Å². The van der Waals surface area contributed by atoms with E-state index in [9.17, 15) is 0 Å². The summed E-state index contributed by atoms with van der Waals surface area (Å²) in [5.74, 6) is 2.36. The number of likely N-dealkylation sites (tertiary alicyclic amines) is 1. The van der Waals surface area contributed by atoms with E-state index in [1.54, 1.807) is 10.9 Å². The van der Waals surface area contributed by atoms with Gasteiger partial charge in [-0.15, -0.1) is 0 Å². The summed E-state index contributed by atoms with van der Waals surface area (Å²) in [5, 5.41) is 4.23. The Bertz CT molecular complexity index is 1330. The number of benzene rings is 2. The second-order valence-electron chi connectivity index (χ2n) is 9.49. The van der Waals surface area contributed by atoms with E-state index in [1.807, 2.05) is 25.4 Å². The van der Waals surface area contributed by atoms with Crippen LogP contribution >= 0.6 is 11.9 Å². The van der Waals surface area contributed by atoms with Crippen molar-refractivity contribution in [2.45, 2.75) is 37.5 Å². The number of hydrogen-bond donors (Lipinski definition) is 1. The van der Waals surface area contributed by atoms with Gasteiger partial charge in [0.25, 0.3) is 0 Å². The van der Waals surface area contributed by atoms with Crippen molar-refractivity contribution in [3.05, 3.63) is 77.6 Å². The van der Waals surface area contributed by atoms with Gasteiger partial charge < -0.3 is 9.64 Å². The Balaban J connectivity index is 1.44. The van der Waals surface area contributed by atoms with E-state index in [-0.39, 0.29) is 0 Å². The Morgan fingerprint density at radius 1 is 0.972 bits per heavy atom. The number of nitrogens with one attached hydrogen (secondary N) is 1. The molecule has 1 aliphatic heterocycles. The van der Waals surface area contributed by atoms with Crippen LogP contribution in [0, 0.1) is 13.8 Å². The molecule has 0 aliphatic carbocycles. The Kier molecular flexibility index (Phi) is 7.25. The lowest BCUT2D eigenvalue weighted by atomic mass is 9.89. The second kappa shape index (κ2) is 10.7. The fourth-order valence-electron chi connectivity index (χ4n) is 4.72. The highest BCUT2D eigenvalue weighted by Gasteiger charge is 2.19. The van der Waals surface area contributed by atoms with Crippen molar-refractivity contribution >= 4 is 17.9 Å². The first-order chi connectivity index (χ1) is 17.4. The van der Waals surface area contributed by atoms with Crippen LogP contribution in [0.3, 0.4) is 0 Å². The predicted octanol–water partition coefficient (Wildman–Crippen LogP) is 6.21. The van der Waals surface area contributed by atoms with Crippen LogP contribution in [0.5, 0.6) is 11.6 Å². The summed E-state index contributed by atoms with van der Waals surface area (Å²) in [6.45, 7) is 6.47. The molecule has 36 heavy (non-hydrogen) atoms. The lowest BCUT2D eigenvalue weighted by molar-refractivity contribution is 0.255. The molecule has 4 aromatic rings. The van der Waals surface area contributed by atoms with Gasteiger partial charge in [0.2, 0.25) is 11.8 Å². The molecule has 0 spiro atoms. The van der Waals surface area contributed by atoms with Crippen LogP contribution in [-0.2, 0) is 7.05 Å². The highest BCUT2D eigenvalue weighted by molar-refractivity contribution is 8.00. The van der Waals surface area contributed by atoms with Gasteiger partial charge in [0.05, 0.1) is 16.8 Å². The minimum atomic E-state index is 0.491. The molecule has 1 N–H and O–H groups in total. The summed E-state index contributed by atoms with van der Waals surface area (Å²) < 4.78 is 11.4. The lowest BCUT2D eigenvalue weighted by Gasteiger charge is -2.29. The van der Waals surface area contributed by atoms with Crippen molar-refractivity contribution in [2.75, 3.05) is 24.9 Å². The third-order valence-corrected chi connectivity index (χ3v) is 7.38.